The van der Waals surface area contributed by atoms with Crippen molar-refractivity contribution in [2.24, 2.45) is 5.73 Å². The van der Waals surface area contributed by atoms with Gasteiger partial charge in [-0.15, -0.1) is 12.4 Å². The van der Waals surface area contributed by atoms with E-state index < -0.39 is 0 Å². The number of hydrogen-bond donors (Lipinski definition) is 3. The van der Waals surface area contributed by atoms with Crippen molar-refractivity contribution >= 4 is 24.2 Å². The van der Waals surface area contributed by atoms with Gasteiger partial charge in [-0.05, 0) is 25.8 Å². The van der Waals surface area contributed by atoms with Gasteiger partial charge in [0.05, 0.1) is 0 Å². The largest absolute Gasteiger partial charge is 0.354 e. The molecule has 0 saturated carbocycles. The van der Waals surface area contributed by atoms with Crippen molar-refractivity contribution < 1.29 is 9.59 Å². The minimum Gasteiger partial charge on any atom is -0.354 e. The number of carbonyl (C=O) groups excluding carboxylic acids is 2. The first-order valence-corrected chi connectivity index (χ1v) is 7.35. The lowest BCUT2D eigenvalue weighted by Crippen LogP contribution is -2.32. The third-order valence-corrected chi connectivity index (χ3v) is 3.00. The monoisotopic (exact) mass is 327 g/mol. The average molecular weight is 328 g/mol. The van der Waals surface area contributed by atoms with E-state index in [9.17, 15) is 9.59 Å². The topological polar surface area (TPSA) is 84.2 Å². The Hall–Kier alpha value is -1.59. The molecule has 0 fully saturated rings. The van der Waals surface area contributed by atoms with Gasteiger partial charge in [-0.1, -0.05) is 30.3 Å². The summed E-state index contributed by atoms with van der Waals surface area (Å²) < 4.78 is 0. The van der Waals surface area contributed by atoms with Crippen molar-refractivity contribution in [3.63, 3.8) is 0 Å². The Labute approximate surface area is 138 Å². The molecule has 1 aromatic rings. The molecule has 1 unspecified atom stereocenters. The minimum absolute atomic E-state index is 0. The predicted molar refractivity (Wildman–Crippen MR) is 90.8 cm³/mol. The van der Waals surface area contributed by atoms with Gasteiger partial charge < -0.3 is 16.4 Å². The molecular formula is C16H26ClN3O2. The molecular weight excluding hydrogens is 302 g/mol. The molecule has 0 aliphatic rings. The Morgan fingerprint density at radius 3 is 2.27 bits per heavy atom. The van der Waals surface area contributed by atoms with Crippen LogP contribution in [0.5, 0.6) is 0 Å². The summed E-state index contributed by atoms with van der Waals surface area (Å²) in [5.41, 5.74) is 6.99. The summed E-state index contributed by atoms with van der Waals surface area (Å²) in [5.74, 6) is -0.0856. The highest BCUT2D eigenvalue weighted by Gasteiger charge is 2.09. The van der Waals surface area contributed by atoms with Crippen LogP contribution < -0.4 is 16.4 Å². The van der Waals surface area contributed by atoms with E-state index in [0.717, 1.165) is 5.56 Å². The molecule has 2 amide bonds. The van der Waals surface area contributed by atoms with Crippen LogP contribution >= 0.6 is 12.4 Å². The lowest BCUT2D eigenvalue weighted by Gasteiger charge is -2.13. The van der Waals surface area contributed by atoms with Crippen LogP contribution in [0.1, 0.15) is 44.7 Å². The zero-order valence-corrected chi connectivity index (χ0v) is 14.0. The summed E-state index contributed by atoms with van der Waals surface area (Å²) >= 11 is 0. The summed E-state index contributed by atoms with van der Waals surface area (Å²) in [7, 11) is 0. The van der Waals surface area contributed by atoms with Gasteiger partial charge in [-0.2, -0.15) is 0 Å². The third kappa shape index (κ3) is 8.64. The van der Waals surface area contributed by atoms with E-state index in [1.54, 1.807) is 0 Å². The first-order valence-electron chi connectivity index (χ1n) is 7.35. The summed E-state index contributed by atoms with van der Waals surface area (Å²) in [6.07, 6.45) is 1.26. The Balaban J connectivity index is 0.00000441. The van der Waals surface area contributed by atoms with Gasteiger partial charge in [0.15, 0.2) is 0 Å². The van der Waals surface area contributed by atoms with E-state index in [2.05, 4.69) is 10.6 Å². The van der Waals surface area contributed by atoms with Gasteiger partial charge >= 0.3 is 0 Å². The molecule has 1 rings (SSSR count). The van der Waals surface area contributed by atoms with Crippen molar-refractivity contribution in [1.29, 1.82) is 0 Å². The van der Waals surface area contributed by atoms with Crippen molar-refractivity contribution in [3.05, 3.63) is 35.9 Å². The predicted octanol–water partition coefficient (Wildman–Crippen LogP) is 1.92. The second-order valence-corrected chi connectivity index (χ2v) is 5.40. The Morgan fingerprint density at radius 1 is 1.09 bits per heavy atom. The van der Waals surface area contributed by atoms with Crippen LogP contribution in [0.25, 0.3) is 0 Å². The number of nitrogens with one attached hydrogen (secondary N) is 2. The number of rotatable bonds is 8. The Kier molecular flexibility index (Phi) is 10.2. The first-order chi connectivity index (χ1) is 9.99. The fourth-order valence-corrected chi connectivity index (χ4v) is 1.93. The van der Waals surface area contributed by atoms with E-state index in [0.29, 0.717) is 25.8 Å². The van der Waals surface area contributed by atoms with Crippen LogP contribution in [0.4, 0.5) is 0 Å². The molecule has 0 saturated heterocycles. The van der Waals surface area contributed by atoms with Crippen molar-refractivity contribution in [2.75, 3.05) is 6.54 Å². The molecule has 6 heteroatoms. The normalized spacial score (nSPS) is 11.5. The molecule has 22 heavy (non-hydrogen) atoms. The zero-order valence-electron chi connectivity index (χ0n) is 13.2. The number of nitrogens with two attached hydrogens (primary N) is 1. The Morgan fingerprint density at radius 2 is 1.68 bits per heavy atom. The SMILES string of the molecule is CC(C)NC(=O)CCCC(=O)NCC(N)c1ccccc1.Cl. The fraction of sp³-hybridized carbons (Fsp3) is 0.500. The highest BCUT2D eigenvalue weighted by atomic mass is 35.5. The molecule has 0 aliphatic heterocycles. The van der Waals surface area contributed by atoms with Crippen LogP contribution in [0.3, 0.4) is 0 Å². The highest BCUT2D eigenvalue weighted by Crippen LogP contribution is 2.08. The van der Waals surface area contributed by atoms with Crippen molar-refractivity contribution in [1.82, 2.24) is 10.6 Å². The third-order valence-electron chi connectivity index (χ3n) is 3.00. The van der Waals surface area contributed by atoms with Crippen LogP contribution in [0.15, 0.2) is 30.3 Å². The maximum Gasteiger partial charge on any atom is 0.220 e. The number of benzene rings is 1. The van der Waals surface area contributed by atoms with Gasteiger partial charge in [0.25, 0.3) is 0 Å². The molecule has 124 valence electrons. The summed E-state index contributed by atoms with van der Waals surface area (Å²) in [4.78, 5) is 23.1. The fourth-order valence-electron chi connectivity index (χ4n) is 1.93. The van der Waals surface area contributed by atoms with Gasteiger partial charge in [-0.3, -0.25) is 9.59 Å². The number of hydrogen-bond acceptors (Lipinski definition) is 3. The van der Waals surface area contributed by atoms with Crippen LogP contribution in [0.2, 0.25) is 0 Å². The maximum absolute atomic E-state index is 11.7. The molecule has 1 aromatic carbocycles. The van der Waals surface area contributed by atoms with E-state index in [1.807, 2.05) is 44.2 Å². The van der Waals surface area contributed by atoms with Gasteiger partial charge in [0.1, 0.15) is 0 Å². The summed E-state index contributed by atoms with van der Waals surface area (Å²) in [6, 6.07) is 9.57. The van der Waals surface area contributed by atoms with Crippen LogP contribution in [-0.4, -0.2) is 24.4 Å². The molecule has 0 aromatic heterocycles. The van der Waals surface area contributed by atoms with Gasteiger partial charge in [0, 0.05) is 31.5 Å². The maximum atomic E-state index is 11.7. The van der Waals surface area contributed by atoms with Gasteiger partial charge in [-0.25, -0.2) is 0 Å². The molecule has 0 heterocycles. The second-order valence-electron chi connectivity index (χ2n) is 5.40. The molecule has 5 nitrogen and oxygen atoms in total. The summed E-state index contributed by atoms with van der Waals surface area (Å²) in [5, 5.41) is 5.60. The standard InChI is InChI=1S/C16H25N3O2.ClH/c1-12(2)19-16(21)10-6-9-15(20)18-11-14(17)13-7-4-3-5-8-13;/h3-5,7-8,12,14H,6,9-11,17H2,1-2H3,(H,18,20)(H,19,21);1H. The molecule has 0 bridgehead atoms. The highest BCUT2D eigenvalue weighted by molar-refractivity contribution is 5.85. The van der Waals surface area contributed by atoms with Crippen molar-refractivity contribution in [2.45, 2.75) is 45.2 Å². The van der Waals surface area contributed by atoms with Crippen molar-refractivity contribution in [3.8, 4) is 0 Å². The number of halogens is 1. The number of amides is 2. The van der Waals surface area contributed by atoms with Crippen LogP contribution in [-0.2, 0) is 9.59 Å². The first kappa shape index (κ1) is 20.4. The lowest BCUT2D eigenvalue weighted by atomic mass is 10.1. The quantitative estimate of drug-likeness (QED) is 0.682. The summed E-state index contributed by atoms with van der Waals surface area (Å²) in [6.45, 7) is 4.23. The zero-order chi connectivity index (χ0) is 15.7. The molecule has 0 radical (unpaired) electrons. The molecule has 0 aliphatic carbocycles. The smallest absolute Gasteiger partial charge is 0.220 e. The number of carbonyl (C=O) groups is 2. The van der Waals surface area contributed by atoms with Crippen LogP contribution in [0, 0.1) is 0 Å². The van der Waals surface area contributed by atoms with E-state index >= 15 is 0 Å². The molecule has 0 spiro atoms. The van der Waals surface area contributed by atoms with E-state index in [-0.39, 0.29) is 36.3 Å². The van der Waals surface area contributed by atoms with Gasteiger partial charge in [0.2, 0.25) is 11.8 Å². The minimum atomic E-state index is -0.209. The van der Waals surface area contributed by atoms with E-state index in [4.69, 9.17) is 5.73 Å². The Bertz CT molecular complexity index is 452. The lowest BCUT2D eigenvalue weighted by molar-refractivity contribution is -0.122. The average Bonchev–Trinajstić information content (AvgIpc) is 2.45. The molecule has 4 N–H and O–H groups in total. The van der Waals surface area contributed by atoms with E-state index in [1.165, 1.54) is 0 Å². The second kappa shape index (κ2) is 11.0. The molecule has 1 atom stereocenters.